The van der Waals surface area contributed by atoms with E-state index < -0.39 is 50.6 Å². The van der Waals surface area contributed by atoms with Crippen molar-refractivity contribution in [3.63, 3.8) is 0 Å². The second-order valence-corrected chi connectivity index (χ2v) is 11.4. The van der Waals surface area contributed by atoms with E-state index in [1.54, 1.807) is 66.7 Å². The van der Waals surface area contributed by atoms with Gasteiger partial charge in [0.25, 0.3) is 5.91 Å². The molecule has 5 rings (SSSR count). The highest BCUT2D eigenvalue weighted by Gasteiger charge is 2.72. The van der Waals surface area contributed by atoms with Crippen molar-refractivity contribution in [3.05, 3.63) is 107 Å². The number of aliphatic hydroxyl groups excluding tert-OH is 1. The molecule has 8 nitrogen and oxygen atoms in total. The first-order chi connectivity index (χ1) is 17.3. The summed E-state index contributed by atoms with van der Waals surface area (Å²) in [5.41, 5.74) is 1.80. The van der Waals surface area contributed by atoms with E-state index in [4.69, 9.17) is 4.74 Å². The van der Waals surface area contributed by atoms with Crippen LogP contribution in [0.2, 0.25) is 0 Å². The van der Waals surface area contributed by atoms with Crippen molar-refractivity contribution < 1.29 is 27.9 Å². The highest BCUT2D eigenvalue weighted by atomic mass is 32.2. The number of rotatable bonds is 6. The Morgan fingerprint density at radius 1 is 1.06 bits per heavy atom. The topological polar surface area (TPSA) is 114 Å². The predicted molar refractivity (Wildman–Crippen MR) is 132 cm³/mol. The molecule has 1 aromatic heterocycles. The van der Waals surface area contributed by atoms with E-state index in [9.17, 15) is 23.1 Å². The van der Waals surface area contributed by atoms with Crippen molar-refractivity contribution in [1.29, 1.82) is 0 Å². The van der Waals surface area contributed by atoms with E-state index >= 15 is 0 Å². The second kappa shape index (κ2) is 9.00. The Morgan fingerprint density at radius 3 is 2.17 bits per heavy atom. The molecule has 0 spiro atoms. The van der Waals surface area contributed by atoms with Crippen LogP contribution in [0.15, 0.2) is 90.6 Å². The lowest BCUT2D eigenvalue weighted by atomic mass is 9.94. The monoisotopic (exact) mass is 504 g/mol. The number of benzene rings is 2. The van der Waals surface area contributed by atoms with Crippen molar-refractivity contribution in [2.24, 2.45) is 0 Å². The molecule has 9 heteroatoms. The van der Waals surface area contributed by atoms with Gasteiger partial charge in [-0.15, -0.1) is 0 Å². The molecule has 2 aliphatic rings. The average Bonchev–Trinajstić information content (AvgIpc) is 3.08. The number of esters is 1. The zero-order chi connectivity index (χ0) is 25.5. The van der Waals surface area contributed by atoms with Crippen LogP contribution in [0.4, 0.5) is 0 Å². The van der Waals surface area contributed by atoms with Gasteiger partial charge in [0, 0.05) is 6.20 Å². The normalized spacial score (nSPS) is 25.5. The maximum Gasteiger partial charge on any atom is 0.331 e. The number of fused-ring (bicyclic) bond motifs is 1. The van der Waals surface area contributed by atoms with Crippen LogP contribution in [0.3, 0.4) is 0 Å². The maximum absolute atomic E-state index is 13.6. The molecule has 2 aliphatic heterocycles. The smallest absolute Gasteiger partial charge is 0.331 e. The van der Waals surface area contributed by atoms with Crippen LogP contribution in [0.25, 0.3) is 6.08 Å². The van der Waals surface area contributed by atoms with Gasteiger partial charge in [-0.05, 0) is 36.3 Å². The van der Waals surface area contributed by atoms with Crippen LogP contribution in [-0.2, 0) is 24.2 Å². The summed E-state index contributed by atoms with van der Waals surface area (Å²) in [5.74, 6) is -1.51. The average molecular weight is 505 g/mol. The fraction of sp³-hybridized carbons (Fsp3) is 0.222. The SMILES string of the molecule is C[C@]1(CO)[C@H](C(=O)OC(c2ccccc2)c2ccccc2)N2C(=O)/C(=C/c3ccccn3)[C@H]2S1(=O)=O. The Bertz CT molecular complexity index is 1390. The Balaban J connectivity index is 1.53. The first-order valence-electron chi connectivity index (χ1n) is 11.4. The highest BCUT2D eigenvalue weighted by Crippen LogP contribution is 2.49. The number of β-lactam (4-membered cyclic amide) rings is 1. The summed E-state index contributed by atoms with van der Waals surface area (Å²) >= 11 is 0. The van der Waals surface area contributed by atoms with Crippen molar-refractivity contribution in [2.75, 3.05) is 6.61 Å². The number of ether oxygens (including phenoxy) is 1. The number of sulfone groups is 1. The number of aliphatic hydroxyl groups is 1. The van der Waals surface area contributed by atoms with Crippen LogP contribution in [0, 0.1) is 0 Å². The molecule has 0 aliphatic carbocycles. The third-order valence-electron chi connectivity index (χ3n) is 6.77. The number of carbonyl (C=O) groups excluding carboxylic acids is 2. The molecule has 3 aromatic rings. The van der Waals surface area contributed by atoms with E-state index in [0.29, 0.717) is 16.8 Å². The van der Waals surface area contributed by atoms with E-state index in [1.165, 1.54) is 19.2 Å². The summed E-state index contributed by atoms with van der Waals surface area (Å²) in [5, 5.41) is 8.85. The molecule has 0 bridgehead atoms. The summed E-state index contributed by atoms with van der Waals surface area (Å²) in [6.45, 7) is 0.422. The second-order valence-electron chi connectivity index (χ2n) is 8.98. The fourth-order valence-corrected chi connectivity index (χ4v) is 7.01. The molecule has 2 aromatic carbocycles. The van der Waals surface area contributed by atoms with Gasteiger partial charge in [0.2, 0.25) is 0 Å². The van der Waals surface area contributed by atoms with Gasteiger partial charge in [-0.2, -0.15) is 0 Å². The molecule has 0 saturated carbocycles. The summed E-state index contributed by atoms with van der Waals surface area (Å²) in [6.07, 6.45) is 2.11. The van der Waals surface area contributed by atoms with Gasteiger partial charge >= 0.3 is 5.97 Å². The van der Waals surface area contributed by atoms with E-state index in [2.05, 4.69) is 4.98 Å². The Labute approximate surface area is 208 Å². The molecule has 1 N–H and O–H groups in total. The third kappa shape index (κ3) is 3.63. The maximum atomic E-state index is 13.6. The molecule has 3 atom stereocenters. The predicted octanol–water partition coefficient (Wildman–Crippen LogP) is 2.51. The largest absolute Gasteiger partial charge is 0.451 e. The van der Waals surface area contributed by atoms with Crippen molar-refractivity contribution in [1.82, 2.24) is 9.88 Å². The van der Waals surface area contributed by atoms with Gasteiger partial charge in [-0.3, -0.25) is 9.78 Å². The lowest BCUT2D eigenvalue weighted by molar-refractivity contribution is -0.161. The standard InChI is InChI=1S/C27H24N2O6S/c1-27(17-30)23(26(32)35-22(18-10-4-2-5-11-18)19-12-6-3-7-13-19)29-24(31)21(25(29)36(27,33)34)16-20-14-8-9-15-28-20/h2-16,22-23,25,30H,17H2,1H3/b21-16-/t23-,25+,27-/m0/s1. The fourth-order valence-electron chi connectivity index (χ4n) is 4.78. The molecule has 2 fully saturated rings. The van der Waals surface area contributed by atoms with Crippen LogP contribution in [-0.4, -0.2) is 58.1 Å². The van der Waals surface area contributed by atoms with Crippen LogP contribution >= 0.6 is 0 Å². The van der Waals surface area contributed by atoms with Crippen molar-refractivity contribution in [2.45, 2.75) is 29.2 Å². The van der Waals surface area contributed by atoms with Crippen molar-refractivity contribution in [3.8, 4) is 0 Å². The van der Waals surface area contributed by atoms with Gasteiger partial charge in [0.15, 0.2) is 27.4 Å². The van der Waals surface area contributed by atoms with Crippen LogP contribution < -0.4 is 0 Å². The number of carbonyl (C=O) groups is 2. The molecular weight excluding hydrogens is 480 g/mol. The number of pyridine rings is 1. The Hall–Kier alpha value is -3.82. The minimum absolute atomic E-state index is 0.00587. The summed E-state index contributed by atoms with van der Waals surface area (Å²) in [7, 11) is -4.18. The minimum Gasteiger partial charge on any atom is -0.451 e. The molecule has 0 radical (unpaired) electrons. The third-order valence-corrected chi connectivity index (χ3v) is 9.49. The minimum atomic E-state index is -4.18. The number of amides is 1. The van der Waals surface area contributed by atoms with Crippen LogP contribution in [0.1, 0.15) is 29.8 Å². The molecular formula is C27H24N2O6S. The highest BCUT2D eigenvalue weighted by molar-refractivity contribution is 7.94. The summed E-state index contributed by atoms with van der Waals surface area (Å²) in [4.78, 5) is 31.9. The van der Waals surface area contributed by atoms with Gasteiger partial charge in [-0.1, -0.05) is 66.7 Å². The van der Waals surface area contributed by atoms with Crippen LogP contribution in [0.5, 0.6) is 0 Å². The first-order valence-corrected chi connectivity index (χ1v) is 12.9. The van der Waals surface area contributed by atoms with Gasteiger partial charge in [0.1, 0.15) is 4.75 Å². The quantitative estimate of drug-likeness (QED) is 0.312. The van der Waals surface area contributed by atoms with Gasteiger partial charge < -0.3 is 14.7 Å². The number of nitrogens with zero attached hydrogens (tertiary/aromatic N) is 2. The molecule has 184 valence electrons. The summed E-state index contributed by atoms with van der Waals surface area (Å²) in [6, 6.07) is 21.6. The number of aromatic nitrogens is 1. The van der Waals surface area contributed by atoms with E-state index in [-0.39, 0.29) is 5.57 Å². The lowest BCUT2D eigenvalue weighted by Crippen LogP contribution is -2.60. The molecule has 36 heavy (non-hydrogen) atoms. The first kappa shape index (κ1) is 23.9. The number of hydrogen-bond acceptors (Lipinski definition) is 7. The zero-order valence-corrected chi connectivity index (χ0v) is 20.2. The molecule has 0 unspecified atom stereocenters. The van der Waals surface area contributed by atoms with Crippen molar-refractivity contribution >= 4 is 27.8 Å². The molecule has 1 amide bonds. The molecule has 2 saturated heterocycles. The van der Waals surface area contributed by atoms with Gasteiger partial charge in [-0.25, -0.2) is 13.2 Å². The Morgan fingerprint density at radius 2 is 1.64 bits per heavy atom. The lowest BCUT2D eigenvalue weighted by Gasteiger charge is -2.39. The van der Waals surface area contributed by atoms with Gasteiger partial charge in [0.05, 0.1) is 17.9 Å². The summed E-state index contributed by atoms with van der Waals surface area (Å²) < 4.78 is 31.1. The van der Waals surface area contributed by atoms with E-state index in [0.717, 1.165) is 4.90 Å². The Kier molecular flexibility index (Phi) is 5.97. The van der Waals surface area contributed by atoms with E-state index in [1.807, 2.05) is 12.1 Å². The molecule has 3 heterocycles. The zero-order valence-electron chi connectivity index (χ0n) is 19.4. The number of hydrogen-bond donors (Lipinski definition) is 1.